The SMILES string of the molecule is C=C.CCSC(N)=S.CCSC(N)=S.[Mn]. The van der Waals surface area contributed by atoms with Crippen LogP contribution in [0.1, 0.15) is 13.8 Å². The summed E-state index contributed by atoms with van der Waals surface area (Å²) in [6.07, 6.45) is 0. The van der Waals surface area contributed by atoms with Gasteiger partial charge in [-0.1, -0.05) is 61.8 Å². The van der Waals surface area contributed by atoms with Crippen LogP contribution in [0.5, 0.6) is 0 Å². The molecule has 0 aliphatic carbocycles. The zero-order valence-corrected chi connectivity index (χ0v) is 13.4. The third kappa shape index (κ3) is 52.7. The molecular weight excluding hydrogens is 307 g/mol. The Labute approximate surface area is 123 Å². The Balaban J connectivity index is -0.0000000653. The number of hydrogen-bond donors (Lipinski definition) is 2. The fraction of sp³-hybridized carbons (Fsp3) is 0.500. The van der Waals surface area contributed by atoms with Gasteiger partial charge >= 0.3 is 0 Å². The Morgan fingerprint density at radius 2 is 1.20 bits per heavy atom. The van der Waals surface area contributed by atoms with Crippen molar-refractivity contribution in [1.82, 2.24) is 0 Å². The molecule has 0 heterocycles. The molecule has 4 N–H and O–H groups in total. The van der Waals surface area contributed by atoms with Crippen LogP contribution in [0.2, 0.25) is 0 Å². The first kappa shape index (κ1) is 24.8. The average Bonchev–Trinajstić information content (AvgIpc) is 2.08. The Kier molecular flexibility index (Phi) is 39.9. The van der Waals surface area contributed by atoms with E-state index in [0.29, 0.717) is 8.64 Å². The van der Waals surface area contributed by atoms with Crippen molar-refractivity contribution in [3.63, 3.8) is 0 Å². The quantitative estimate of drug-likeness (QED) is 0.462. The van der Waals surface area contributed by atoms with Crippen molar-refractivity contribution >= 4 is 56.6 Å². The van der Waals surface area contributed by atoms with Crippen molar-refractivity contribution in [3.05, 3.63) is 13.2 Å². The van der Waals surface area contributed by atoms with Gasteiger partial charge in [-0.3, -0.25) is 0 Å². The zero-order valence-electron chi connectivity index (χ0n) is 8.99. The molecule has 0 spiro atoms. The summed E-state index contributed by atoms with van der Waals surface area (Å²) in [6, 6.07) is 0. The third-order valence-electron chi connectivity index (χ3n) is 0.573. The van der Waals surface area contributed by atoms with Gasteiger partial charge < -0.3 is 11.5 Å². The van der Waals surface area contributed by atoms with Crippen LogP contribution >= 0.6 is 48.0 Å². The van der Waals surface area contributed by atoms with E-state index in [2.05, 4.69) is 37.6 Å². The molecular formula is C8H18MnN2S4. The molecule has 0 aliphatic heterocycles. The molecule has 0 aliphatic rings. The summed E-state index contributed by atoms with van der Waals surface area (Å²) in [5.41, 5.74) is 10.2. The average molecular weight is 325 g/mol. The topological polar surface area (TPSA) is 52.0 Å². The smallest absolute Gasteiger partial charge is 0.131 e. The van der Waals surface area contributed by atoms with Crippen LogP contribution in [-0.2, 0) is 17.1 Å². The Morgan fingerprint density at radius 1 is 1.00 bits per heavy atom. The van der Waals surface area contributed by atoms with Gasteiger partial charge in [0.15, 0.2) is 0 Å². The van der Waals surface area contributed by atoms with Gasteiger partial charge in [0.05, 0.1) is 0 Å². The molecule has 0 amide bonds. The van der Waals surface area contributed by atoms with Crippen LogP contribution in [-0.4, -0.2) is 20.1 Å². The normalized spacial score (nSPS) is 6.80. The van der Waals surface area contributed by atoms with E-state index in [1.807, 2.05) is 13.8 Å². The van der Waals surface area contributed by atoms with Crippen molar-refractivity contribution in [1.29, 1.82) is 0 Å². The number of thiocarbonyl (C=S) groups is 2. The summed E-state index contributed by atoms with van der Waals surface area (Å²) in [4.78, 5) is 0. The van der Waals surface area contributed by atoms with Gasteiger partial charge in [-0.2, -0.15) is 0 Å². The van der Waals surface area contributed by atoms with Gasteiger partial charge in [-0.05, 0) is 11.5 Å². The Hall–Kier alpha value is 0.739. The number of hydrogen-bond acceptors (Lipinski definition) is 4. The van der Waals surface area contributed by atoms with Crippen molar-refractivity contribution in [2.75, 3.05) is 11.5 Å². The second-order valence-electron chi connectivity index (χ2n) is 1.50. The van der Waals surface area contributed by atoms with Crippen LogP contribution < -0.4 is 11.5 Å². The van der Waals surface area contributed by atoms with Crippen molar-refractivity contribution in [2.45, 2.75) is 13.8 Å². The molecule has 0 fully saturated rings. The van der Waals surface area contributed by atoms with E-state index in [9.17, 15) is 0 Å². The third-order valence-corrected chi connectivity index (χ3v) is 2.43. The first-order valence-corrected chi connectivity index (χ1v) is 6.67. The molecule has 91 valence electrons. The van der Waals surface area contributed by atoms with Crippen molar-refractivity contribution in [2.24, 2.45) is 11.5 Å². The predicted octanol–water partition coefficient (Wildman–Crippen LogP) is 2.77. The van der Waals surface area contributed by atoms with Crippen molar-refractivity contribution in [3.8, 4) is 0 Å². The van der Waals surface area contributed by atoms with E-state index < -0.39 is 0 Å². The maximum Gasteiger partial charge on any atom is 0.131 e. The molecule has 0 unspecified atom stereocenters. The second-order valence-corrected chi connectivity index (χ2v) is 5.51. The van der Waals surface area contributed by atoms with E-state index in [4.69, 9.17) is 11.5 Å². The minimum atomic E-state index is 0. The van der Waals surface area contributed by atoms with Crippen LogP contribution in [0.15, 0.2) is 13.2 Å². The van der Waals surface area contributed by atoms with E-state index in [1.165, 1.54) is 23.5 Å². The molecule has 0 saturated carbocycles. The van der Waals surface area contributed by atoms with Gasteiger partial charge in [0.2, 0.25) is 0 Å². The maximum absolute atomic E-state index is 5.10. The zero-order chi connectivity index (χ0) is 12.0. The second kappa shape index (κ2) is 24.1. The van der Waals surface area contributed by atoms with Gasteiger partial charge in [-0.15, -0.1) is 13.2 Å². The molecule has 0 rings (SSSR count). The molecule has 0 aromatic heterocycles. The standard InChI is InChI=1S/2C3H7NS2.C2H4.Mn/c2*1-2-6-3(4)5;1-2;/h2*2H2,1H3,(H2,4,5);1-2H2;. The molecule has 0 aromatic rings. The van der Waals surface area contributed by atoms with E-state index in [1.54, 1.807) is 0 Å². The first-order chi connectivity index (χ1) is 6.54. The molecule has 0 saturated heterocycles. The first-order valence-electron chi connectivity index (χ1n) is 3.89. The van der Waals surface area contributed by atoms with E-state index in [-0.39, 0.29) is 17.1 Å². The van der Waals surface area contributed by atoms with Crippen LogP contribution in [0, 0.1) is 0 Å². The van der Waals surface area contributed by atoms with Crippen LogP contribution in [0.3, 0.4) is 0 Å². The van der Waals surface area contributed by atoms with Crippen LogP contribution in [0.25, 0.3) is 0 Å². The summed E-state index contributed by atoms with van der Waals surface area (Å²) in [6.45, 7) is 10.0. The molecule has 2 nitrogen and oxygen atoms in total. The molecule has 0 bridgehead atoms. The minimum absolute atomic E-state index is 0. The minimum Gasteiger partial charge on any atom is -0.385 e. The van der Waals surface area contributed by atoms with Crippen LogP contribution in [0.4, 0.5) is 0 Å². The molecule has 0 aromatic carbocycles. The molecule has 1 radical (unpaired) electrons. The Bertz CT molecular complexity index is 140. The van der Waals surface area contributed by atoms with E-state index >= 15 is 0 Å². The summed E-state index contributed by atoms with van der Waals surface area (Å²) < 4.78 is 1.08. The largest absolute Gasteiger partial charge is 0.385 e. The monoisotopic (exact) mass is 325 g/mol. The number of thioether (sulfide) groups is 2. The molecule has 7 heteroatoms. The summed E-state index contributed by atoms with van der Waals surface area (Å²) >= 11 is 12.1. The number of rotatable bonds is 2. The predicted molar refractivity (Wildman–Crippen MR) is 81.1 cm³/mol. The van der Waals surface area contributed by atoms with Gasteiger partial charge in [0, 0.05) is 17.1 Å². The van der Waals surface area contributed by atoms with Gasteiger partial charge in [0.25, 0.3) is 0 Å². The summed E-state index contributed by atoms with van der Waals surface area (Å²) in [7, 11) is 0. The summed E-state index contributed by atoms with van der Waals surface area (Å²) in [5.74, 6) is 1.96. The molecule has 0 atom stereocenters. The summed E-state index contributed by atoms with van der Waals surface area (Å²) in [5, 5.41) is 0. The van der Waals surface area contributed by atoms with Crippen molar-refractivity contribution < 1.29 is 17.1 Å². The fourth-order valence-corrected chi connectivity index (χ4v) is 1.56. The van der Waals surface area contributed by atoms with Gasteiger partial charge in [-0.25, -0.2) is 0 Å². The Morgan fingerprint density at radius 3 is 1.20 bits per heavy atom. The molecule has 15 heavy (non-hydrogen) atoms. The number of nitrogens with two attached hydrogens (primary N) is 2. The fourth-order valence-electron chi connectivity index (χ4n) is 0.285. The van der Waals surface area contributed by atoms with E-state index in [0.717, 1.165) is 11.5 Å². The van der Waals surface area contributed by atoms with Gasteiger partial charge in [0.1, 0.15) is 8.64 Å². The maximum atomic E-state index is 5.10.